The fraction of sp³-hybridized carbons (Fsp3) is 0.240. The zero-order chi connectivity index (χ0) is 23.7. The first-order chi connectivity index (χ1) is 16.5. The Morgan fingerprint density at radius 3 is 2.82 bits per heavy atom. The fourth-order valence-corrected chi connectivity index (χ4v) is 5.71. The van der Waals surface area contributed by atoms with Gasteiger partial charge in [0.25, 0.3) is 5.56 Å². The van der Waals surface area contributed by atoms with Crippen molar-refractivity contribution in [2.75, 3.05) is 7.11 Å². The van der Waals surface area contributed by atoms with Gasteiger partial charge in [-0.3, -0.25) is 4.79 Å². The molecule has 5 rings (SSSR count). The van der Waals surface area contributed by atoms with Crippen molar-refractivity contribution in [3.05, 3.63) is 84.7 Å². The maximum Gasteiger partial charge on any atom is 0.282 e. The van der Waals surface area contributed by atoms with E-state index < -0.39 is 0 Å². The molecule has 0 spiro atoms. The maximum absolute atomic E-state index is 13.1. The van der Waals surface area contributed by atoms with Crippen LogP contribution in [0.2, 0.25) is 10.0 Å². The molecule has 2 aromatic carbocycles. The lowest BCUT2D eigenvalue weighted by molar-refractivity contribution is 0.284. The van der Waals surface area contributed by atoms with Crippen LogP contribution < -0.4 is 15.0 Å². The number of aromatic nitrogens is 2. The molecule has 0 bridgehead atoms. The van der Waals surface area contributed by atoms with Gasteiger partial charge in [0.2, 0.25) is 0 Å². The van der Waals surface area contributed by atoms with Crippen molar-refractivity contribution in [3.63, 3.8) is 0 Å². The number of thiophene rings is 1. The highest BCUT2D eigenvalue weighted by atomic mass is 35.5. The number of fused-ring (bicyclic) bond motifs is 3. The van der Waals surface area contributed by atoms with Crippen molar-refractivity contribution in [3.8, 4) is 11.5 Å². The van der Waals surface area contributed by atoms with Crippen molar-refractivity contribution in [2.45, 2.75) is 32.3 Å². The average molecular weight is 514 g/mol. The minimum Gasteiger partial charge on any atom is -0.493 e. The number of rotatable bonds is 6. The van der Waals surface area contributed by atoms with Crippen LogP contribution in [-0.2, 0) is 19.4 Å². The summed E-state index contributed by atoms with van der Waals surface area (Å²) in [5.41, 5.74) is 2.59. The van der Waals surface area contributed by atoms with Crippen LogP contribution in [0, 0.1) is 0 Å². The van der Waals surface area contributed by atoms with Gasteiger partial charge >= 0.3 is 0 Å². The Balaban J connectivity index is 1.37. The Labute approximate surface area is 210 Å². The highest BCUT2D eigenvalue weighted by molar-refractivity contribution is 7.18. The largest absolute Gasteiger partial charge is 0.493 e. The molecular weight excluding hydrogens is 493 g/mol. The van der Waals surface area contributed by atoms with Gasteiger partial charge in [0, 0.05) is 20.5 Å². The molecule has 2 aromatic heterocycles. The van der Waals surface area contributed by atoms with Crippen LogP contribution in [0.25, 0.3) is 10.2 Å². The van der Waals surface area contributed by atoms with Crippen molar-refractivity contribution in [2.24, 2.45) is 5.10 Å². The average Bonchev–Trinajstić information content (AvgIpc) is 3.23. The molecule has 0 fully saturated rings. The normalized spacial score (nSPS) is 13.4. The smallest absolute Gasteiger partial charge is 0.282 e. The van der Waals surface area contributed by atoms with Gasteiger partial charge in [-0.05, 0) is 67.1 Å². The Morgan fingerprint density at radius 1 is 1.15 bits per heavy atom. The van der Waals surface area contributed by atoms with Crippen LogP contribution in [0.4, 0.5) is 0 Å². The predicted octanol–water partition coefficient (Wildman–Crippen LogP) is 6.11. The Morgan fingerprint density at radius 2 is 2.00 bits per heavy atom. The lowest BCUT2D eigenvalue weighted by Crippen LogP contribution is -2.18. The van der Waals surface area contributed by atoms with Crippen LogP contribution in [0.15, 0.2) is 52.6 Å². The zero-order valence-electron chi connectivity index (χ0n) is 18.4. The number of hydrogen-bond donors (Lipinski definition) is 0. The Hall–Kier alpha value is -2.87. The van der Waals surface area contributed by atoms with Crippen molar-refractivity contribution >= 4 is 51.0 Å². The molecule has 9 heteroatoms. The summed E-state index contributed by atoms with van der Waals surface area (Å²) < 4.78 is 12.7. The monoisotopic (exact) mass is 513 g/mol. The molecule has 1 aliphatic carbocycles. The van der Waals surface area contributed by atoms with Gasteiger partial charge in [-0.25, -0.2) is 4.98 Å². The van der Waals surface area contributed by atoms with Crippen molar-refractivity contribution < 1.29 is 9.47 Å². The molecule has 174 valence electrons. The van der Waals surface area contributed by atoms with E-state index in [4.69, 9.17) is 32.7 Å². The lowest BCUT2D eigenvalue weighted by atomic mass is 9.97. The summed E-state index contributed by atoms with van der Waals surface area (Å²) in [5, 5.41) is 6.19. The summed E-state index contributed by atoms with van der Waals surface area (Å²) in [5.74, 6) is 1.11. The predicted molar refractivity (Wildman–Crippen MR) is 137 cm³/mol. The van der Waals surface area contributed by atoms with Crippen molar-refractivity contribution in [1.29, 1.82) is 0 Å². The Kier molecular flexibility index (Phi) is 6.59. The molecule has 2 heterocycles. The molecule has 4 aromatic rings. The number of halogens is 2. The van der Waals surface area contributed by atoms with Gasteiger partial charge in [-0.15, -0.1) is 11.3 Å². The number of methoxy groups -OCH3 is 1. The summed E-state index contributed by atoms with van der Waals surface area (Å²) in [6.07, 6.45) is 7.32. The van der Waals surface area contributed by atoms with Crippen LogP contribution in [0.5, 0.6) is 11.5 Å². The molecule has 0 unspecified atom stereocenters. The third-order valence-corrected chi connectivity index (χ3v) is 7.56. The molecule has 34 heavy (non-hydrogen) atoms. The molecule has 0 radical (unpaired) electrons. The number of ether oxygens (including phenoxy) is 2. The lowest BCUT2D eigenvalue weighted by Gasteiger charge is -2.12. The summed E-state index contributed by atoms with van der Waals surface area (Å²) in [4.78, 5) is 19.6. The first-order valence-corrected chi connectivity index (χ1v) is 12.4. The van der Waals surface area contributed by atoms with E-state index in [9.17, 15) is 4.79 Å². The maximum atomic E-state index is 13.1. The molecule has 0 amide bonds. The molecule has 0 N–H and O–H groups in total. The number of aryl methyl sites for hydroxylation is 2. The van der Waals surface area contributed by atoms with E-state index in [1.54, 1.807) is 48.9 Å². The van der Waals surface area contributed by atoms with Crippen LogP contribution in [-0.4, -0.2) is 23.0 Å². The number of benzene rings is 2. The van der Waals surface area contributed by atoms with Crippen LogP contribution in [0.3, 0.4) is 0 Å². The van der Waals surface area contributed by atoms with Crippen molar-refractivity contribution in [1.82, 2.24) is 9.66 Å². The first kappa shape index (κ1) is 22.9. The molecule has 6 nitrogen and oxygen atoms in total. The first-order valence-electron chi connectivity index (χ1n) is 10.8. The van der Waals surface area contributed by atoms with Crippen LogP contribution >= 0.6 is 34.5 Å². The summed E-state index contributed by atoms with van der Waals surface area (Å²) in [7, 11) is 1.57. The van der Waals surface area contributed by atoms with Gasteiger partial charge in [0.15, 0.2) is 11.5 Å². The summed E-state index contributed by atoms with van der Waals surface area (Å²) >= 11 is 13.8. The van der Waals surface area contributed by atoms with E-state index in [-0.39, 0.29) is 12.2 Å². The SMILES string of the molecule is COc1cc(/C=N\n2cnc3sc4c(c3c2=O)CCCC4)ccc1OCc1ccc(Cl)cc1Cl. The molecular formula is C25H21Cl2N3O3S. The van der Waals surface area contributed by atoms with E-state index in [1.165, 1.54) is 22.3 Å². The second-order valence-electron chi connectivity index (χ2n) is 7.96. The molecule has 0 atom stereocenters. The van der Waals surface area contributed by atoms with E-state index in [2.05, 4.69) is 10.1 Å². The van der Waals surface area contributed by atoms with Crippen LogP contribution in [0.1, 0.15) is 34.4 Å². The fourth-order valence-electron chi connectivity index (χ4n) is 4.03. The Bertz CT molecular complexity index is 1460. The van der Waals surface area contributed by atoms with Gasteiger partial charge in [-0.1, -0.05) is 29.3 Å². The highest BCUT2D eigenvalue weighted by Crippen LogP contribution is 2.33. The minimum absolute atomic E-state index is 0.132. The summed E-state index contributed by atoms with van der Waals surface area (Å²) in [6.45, 7) is 0.270. The standard InChI is InChI=1S/C25H21Cl2N3O3S/c1-32-21-10-15(6-9-20(21)33-13-16-7-8-17(26)11-19(16)27)12-29-30-14-28-24-23(25(30)31)18-4-2-3-5-22(18)34-24/h6-12,14H,2-5,13H2,1H3/b29-12-. The van der Waals surface area contributed by atoms with Gasteiger partial charge < -0.3 is 9.47 Å². The molecule has 0 aliphatic heterocycles. The van der Waals surface area contributed by atoms with E-state index in [0.29, 0.717) is 26.9 Å². The van der Waals surface area contributed by atoms with E-state index in [1.807, 2.05) is 12.1 Å². The van der Waals surface area contributed by atoms with E-state index in [0.717, 1.165) is 40.8 Å². The topological polar surface area (TPSA) is 65.7 Å². The zero-order valence-corrected chi connectivity index (χ0v) is 20.7. The quantitative estimate of drug-likeness (QED) is 0.291. The second kappa shape index (κ2) is 9.78. The second-order valence-corrected chi connectivity index (χ2v) is 9.89. The molecule has 0 saturated carbocycles. The molecule has 1 aliphatic rings. The number of hydrogen-bond acceptors (Lipinski definition) is 6. The number of nitrogens with zero attached hydrogens (tertiary/aromatic N) is 3. The molecule has 0 saturated heterocycles. The minimum atomic E-state index is -0.132. The van der Waals surface area contributed by atoms with E-state index >= 15 is 0 Å². The van der Waals surface area contributed by atoms with Gasteiger partial charge in [0.05, 0.1) is 18.7 Å². The summed E-state index contributed by atoms with van der Waals surface area (Å²) in [6, 6.07) is 10.7. The third kappa shape index (κ3) is 4.56. The highest BCUT2D eigenvalue weighted by Gasteiger charge is 2.19. The van der Waals surface area contributed by atoms with Gasteiger partial charge in [-0.2, -0.15) is 9.78 Å². The third-order valence-electron chi connectivity index (χ3n) is 5.78. The van der Waals surface area contributed by atoms with Gasteiger partial charge in [0.1, 0.15) is 17.8 Å².